The highest BCUT2D eigenvalue weighted by molar-refractivity contribution is 5.73. The van der Waals surface area contributed by atoms with Crippen LogP contribution in [-0.4, -0.2) is 9.85 Å². The summed E-state index contributed by atoms with van der Waals surface area (Å²) >= 11 is 0. The molecule has 7 heteroatoms. The van der Waals surface area contributed by atoms with Gasteiger partial charge in [0.2, 0.25) is 0 Å². The van der Waals surface area contributed by atoms with E-state index in [1.165, 1.54) is 18.2 Å². The Morgan fingerprint density at radius 2 is 1.12 bits per heavy atom. The molecule has 0 saturated heterocycles. The van der Waals surface area contributed by atoms with Gasteiger partial charge in [-0.2, -0.15) is 5.26 Å². The molecule has 0 amide bonds. The third-order valence-electron chi connectivity index (χ3n) is 4.61. The molecule has 0 atom stereocenters. The van der Waals surface area contributed by atoms with Gasteiger partial charge in [0.05, 0.1) is 27.0 Å². The Hall–Kier alpha value is -4.83. The van der Waals surface area contributed by atoms with Crippen LogP contribution in [0.25, 0.3) is 22.3 Å². The number of para-hydroxylation sites is 1. The summed E-state index contributed by atoms with van der Waals surface area (Å²) in [5, 5.41) is 30.0. The maximum atomic E-state index is 10.8. The second-order valence-electron chi connectivity index (χ2n) is 6.63. The summed E-state index contributed by atoms with van der Waals surface area (Å²) in [6, 6.07) is 31.5. The summed E-state index contributed by atoms with van der Waals surface area (Å²) in [6.45, 7) is 0. The summed E-state index contributed by atoms with van der Waals surface area (Å²) in [6.07, 6.45) is 0. The molecule has 0 N–H and O–H groups in total. The summed E-state index contributed by atoms with van der Waals surface area (Å²) in [7, 11) is 0. The molecular formula is C25H17N3O4. The normalized spacial score (nSPS) is 9.72. The SMILES string of the molecule is N#Cc1ccc(-c2ccc([N+](=O)[O-])cc2)cc1.O=[N+]([O-])c1ccccc1-c1ccccc1. The number of nitrogens with zero attached hydrogens (tertiary/aromatic N) is 3. The van der Waals surface area contributed by atoms with Crippen LogP contribution in [0.4, 0.5) is 11.4 Å². The van der Waals surface area contributed by atoms with E-state index in [2.05, 4.69) is 0 Å². The van der Waals surface area contributed by atoms with Crippen LogP contribution >= 0.6 is 0 Å². The maximum absolute atomic E-state index is 10.8. The molecule has 0 bridgehead atoms. The van der Waals surface area contributed by atoms with Gasteiger partial charge < -0.3 is 0 Å². The van der Waals surface area contributed by atoms with Crippen molar-refractivity contribution in [1.29, 1.82) is 5.26 Å². The fourth-order valence-electron chi connectivity index (χ4n) is 3.01. The molecule has 0 aliphatic carbocycles. The molecule has 4 aromatic rings. The number of nitriles is 1. The molecule has 4 rings (SSSR count). The van der Waals surface area contributed by atoms with Crippen LogP contribution < -0.4 is 0 Å². The molecule has 0 aromatic heterocycles. The predicted molar refractivity (Wildman–Crippen MR) is 122 cm³/mol. The van der Waals surface area contributed by atoms with E-state index in [0.29, 0.717) is 11.1 Å². The van der Waals surface area contributed by atoms with Crippen molar-refractivity contribution in [3.63, 3.8) is 0 Å². The highest BCUT2D eigenvalue weighted by Crippen LogP contribution is 2.28. The van der Waals surface area contributed by atoms with Gasteiger partial charge in [0.15, 0.2) is 0 Å². The molecule has 32 heavy (non-hydrogen) atoms. The number of rotatable bonds is 4. The fourth-order valence-corrected chi connectivity index (χ4v) is 3.01. The molecule has 0 aliphatic heterocycles. The van der Waals surface area contributed by atoms with Crippen molar-refractivity contribution >= 4 is 11.4 Å². The second kappa shape index (κ2) is 10.3. The molecule has 0 spiro atoms. The van der Waals surface area contributed by atoms with Crippen LogP contribution in [-0.2, 0) is 0 Å². The number of benzene rings is 4. The Balaban J connectivity index is 0.000000182. The van der Waals surface area contributed by atoms with Crippen molar-refractivity contribution in [2.24, 2.45) is 0 Å². The summed E-state index contributed by atoms with van der Waals surface area (Å²) in [4.78, 5) is 20.5. The first-order chi connectivity index (χ1) is 15.5. The van der Waals surface area contributed by atoms with Crippen molar-refractivity contribution in [1.82, 2.24) is 0 Å². The number of nitro groups is 2. The molecule has 0 unspecified atom stereocenters. The molecule has 0 aliphatic rings. The van der Waals surface area contributed by atoms with E-state index in [0.717, 1.165) is 16.7 Å². The van der Waals surface area contributed by atoms with Crippen molar-refractivity contribution in [2.75, 3.05) is 0 Å². The van der Waals surface area contributed by atoms with Crippen molar-refractivity contribution < 1.29 is 9.85 Å². The minimum atomic E-state index is -0.428. The van der Waals surface area contributed by atoms with E-state index >= 15 is 0 Å². The Bertz CT molecular complexity index is 1260. The lowest BCUT2D eigenvalue weighted by Gasteiger charge is -2.01. The third-order valence-corrected chi connectivity index (χ3v) is 4.61. The zero-order chi connectivity index (χ0) is 22.9. The van der Waals surface area contributed by atoms with Crippen LogP contribution in [0.2, 0.25) is 0 Å². The van der Waals surface area contributed by atoms with Gasteiger partial charge in [-0.05, 0) is 47.0 Å². The molecule has 7 nitrogen and oxygen atoms in total. The van der Waals surface area contributed by atoms with E-state index in [9.17, 15) is 20.2 Å². The lowest BCUT2D eigenvalue weighted by atomic mass is 10.0. The summed E-state index contributed by atoms with van der Waals surface area (Å²) < 4.78 is 0. The molecule has 0 fully saturated rings. The zero-order valence-electron chi connectivity index (χ0n) is 16.8. The highest BCUT2D eigenvalue weighted by Gasteiger charge is 2.13. The van der Waals surface area contributed by atoms with Crippen LogP contribution in [0.15, 0.2) is 103 Å². The van der Waals surface area contributed by atoms with Gasteiger partial charge in [0.1, 0.15) is 0 Å². The Kier molecular flexibility index (Phi) is 7.02. The van der Waals surface area contributed by atoms with E-state index in [1.54, 1.807) is 42.5 Å². The van der Waals surface area contributed by atoms with E-state index in [4.69, 9.17) is 5.26 Å². The molecule has 4 aromatic carbocycles. The molecule has 0 heterocycles. The largest absolute Gasteiger partial charge is 0.277 e. The van der Waals surface area contributed by atoms with Crippen LogP contribution in [0.1, 0.15) is 5.56 Å². The monoisotopic (exact) mass is 423 g/mol. The van der Waals surface area contributed by atoms with E-state index < -0.39 is 4.92 Å². The van der Waals surface area contributed by atoms with Gasteiger partial charge in [-0.15, -0.1) is 0 Å². The second-order valence-corrected chi connectivity index (χ2v) is 6.63. The molecular weight excluding hydrogens is 406 g/mol. The molecule has 0 saturated carbocycles. The van der Waals surface area contributed by atoms with Crippen LogP contribution in [0.5, 0.6) is 0 Å². The fraction of sp³-hybridized carbons (Fsp3) is 0. The smallest absolute Gasteiger partial charge is 0.258 e. The van der Waals surface area contributed by atoms with Crippen LogP contribution in [0, 0.1) is 31.6 Å². The average molecular weight is 423 g/mol. The Morgan fingerprint density at radius 1 is 0.594 bits per heavy atom. The first kappa shape index (κ1) is 21.9. The minimum absolute atomic E-state index is 0.0717. The van der Waals surface area contributed by atoms with Crippen molar-refractivity contribution in [2.45, 2.75) is 0 Å². The summed E-state index contributed by atoms with van der Waals surface area (Å²) in [5.74, 6) is 0. The maximum Gasteiger partial charge on any atom is 0.277 e. The average Bonchev–Trinajstić information content (AvgIpc) is 2.85. The van der Waals surface area contributed by atoms with Crippen molar-refractivity contribution in [3.8, 4) is 28.3 Å². The lowest BCUT2D eigenvalue weighted by Crippen LogP contribution is -1.90. The van der Waals surface area contributed by atoms with Gasteiger partial charge in [-0.1, -0.05) is 54.6 Å². The molecule has 0 radical (unpaired) electrons. The zero-order valence-corrected chi connectivity index (χ0v) is 16.8. The standard InChI is InChI=1S/C13H8N2O2.C12H9NO2/c14-9-10-1-3-11(4-2-10)12-5-7-13(8-6-12)15(16)17;14-13(15)12-9-5-4-8-11(12)10-6-2-1-3-7-10/h1-8H;1-9H. The number of nitro benzene ring substituents is 2. The van der Waals surface area contributed by atoms with Gasteiger partial charge in [0.25, 0.3) is 11.4 Å². The van der Waals surface area contributed by atoms with Crippen LogP contribution in [0.3, 0.4) is 0 Å². The highest BCUT2D eigenvalue weighted by atomic mass is 16.6. The number of hydrogen-bond acceptors (Lipinski definition) is 5. The van der Waals surface area contributed by atoms with Crippen molar-refractivity contribution in [3.05, 3.63) is 129 Å². The third kappa shape index (κ3) is 5.40. The quantitative estimate of drug-likeness (QED) is 0.279. The first-order valence-corrected chi connectivity index (χ1v) is 9.53. The molecule has 156 valence electrons. The lowest BCUT2D eigenvalue weighted by molar-refractivity contribution is -0.384. The van der Waals surface area contributed by atoms with Gasteiger partial charge >= 0.3 is 0 Å². The van der Waals surface area contributed by atoms with Gasteiger partial charge in [-0.25, -0.2) is 0 Å². The Morgan fingerprint density at radius 3 is 1.66 bits per heavy atom. The van der Waals surface area contributed by atoms with E-state index in [-0.39, 0.29) is 16.3 Å². The van der Waals surface area contributed by atoms with Gasteiger partial charge in [-0.3, -0.25) is 20.2 Å². The predicted octanol–water partition coefficient (Wildman–Crippen LogP) is 6.40. The number of hydrogen-bond donors (Lipinski definition) is 0. The van der Waals surface area contributed by atoms with Gasteiger partial charge in [0, 0.05) is 18.2 Å². The minimum Gasteiger partial charge on any atom is -0.258 e. The summed E-state index contributed by atoms with van der Waals surface area (Å²) in [5.41, 5.74) is 4.15. The number of non-ortho nitro benzene ring substituents is 1. The topological polar surface area (TPSA) is 110 Å². The first-order valence-electron chi connectivity index (χ1n) is 9.53. The van der Waals surface area contributed by atoms with E-state index in [1.807, 2.05) is 48.5 Å². The Labute approximate surface area is 184 Å².